The molecule has 0 aliphatic carbocycles. The number of hydrazine groups is 1. The maximum atomic E-state index is 5.67. The lowest BCUT2D eigenvalue weighted by atomic mass is 10.2. The van der Waals surface area contributed by atoms with Crippen LogP contribution in [0.25, 0.3) is 0 Å². The van der Waals surface area contributed by atoms with E-state index in [1.165, 1.54) is 4.90 Å². The van der Waals surface area contributed by atoms with E-state index in [2.05, 4.69) is 51.7 Å². The van der Waals surface area contributed by atoms with Gasteiger partial charge in [-0.2, -0.15) is 5.10 Å². The van der Waals surface area contributed by atoms with Gasteiger partial charge in [0.2, 0.25) is 0 Å². The quantitative estimate of drug-likeness (QED) is 0.454. The molecular weight excluding hydrogens is 336 g/mol. The highest BCUT2D eigenvalue weighted by atomic mass is 79.9. The SMILES string of the molecule is CCCn1cc(C(CSc2ccc(Br)cc2)NN)cn1. The van der Waals surface area contributed by atoms with E-state index in [0.29, 0.717) is 0 Å². The van der Waals surface area contributed by atoms with E-state index >= 15 is 0 Å². The summed E-state index contributed by atoms with van der Waals surface area (Å²) in [5.74, 6) is 6.54. The standard InChI is InChI=1S/C14H19BrN4S/c1-2-7-19-9-11(8-17-19)14(18-16)10-20-13-5-3-12(15)4-6-13/h3-6,8-9,14,18H,2,7,10,16H2,1H3. The molecule has 0 spiro atoms. The van der Waals surface area contributed by atoms with Crippen molar-refractivity contribution in [3.05, 3.63) is 46.7 Å². The smallest absolute Gasteiger partial charge is 0.0584 e. The Morgan fingerprint density at radius 3 is 2.80 bits per heavy atom. The lowest BCUT2D eigenvalue weighted by Gasteiger charge is -2.13. The van der Waals surface area contributed by atoms with E-state index in [-0.39, 0.29) is 6.04 Å². The molecule has 4 nitrogen and oxygen atoms in total. The van der Waals surface area contributed by atoms with Gasteiger partial charge in [-0.3, -0.25) is 16.0 Å². The Labute approximate surface area is 132 Å². The van der Waals surface area contributed by atoms with Crippen molar-refractivity contribution in [3.8, 4) is 0 Å². The van der Waals surface area contributed by atoms with Gasteiger partial charge in [-0.05, 0) is 30.7 Å². The van der Waals surface area contributed by atoms with Crippen molar-refractivity contribution < 1.29 is 0 Å². The van der Waals surface area contributed by atoms with Crippen LogP contribution in [0.4, 0.5) is 0 Å². The van der Waals surface area contributed by atoms with Crippen molar-refractivity contribution in [2.24, 2.45) is 5.84 Å². The number of nitrogens with two attached hydrogens (primary N) is 1. The van der Waals surface area contributed by atoms with Crippen LogP contribution in [0.3, 0.4) is 0 Å². The number of rotatable bonds is 7. The molecule has 1 aromatic heterocycles. The van der Waals surface area contributed by atoms with Crippen molar-refractivity contribution in [1.29, 1.82) is 0 Å². The third-order valence-corrected chi connectivity index (χ3v) is 4.57. The van der Waals surface area contributed by atoms with Crippen molar-refractivity contribution >= 4 is 27.7 Å². The third kappa shape index (κ3) is 4.34. The van der Waals surface area contributed by atoms with Crippen molar-refractivity contribution in [3.63, 3.8) is 0 Å². The number of halogens is 1. The molecule has 0 aliphatic heterocycles. The van der Waals surface area contributed by atoms with Crippen LogP contribution in [0.5, 0.6) is 0 Å². The molecule has 108 valence electrons. The van der Waals surface area contributed by atoms with Crippen LogP contribution in [0.15, 0.2) is 46.0 Å². The molecule has 1 atom stereocenters. The Bertz CT molecular complexity index is 526. The lowest BCUT2D eigenvalue weighted by Crippen LogP contribution is -2.29. The summed E-state index contributed by atoms with van der Waals surface area (Å²) in [5.41, 5.74) is 4.00. The van der Waals surface area contributed by atoms with E-state index in [1.807, 2.05) is 23.0 Å². The zero-order valence-electron chi connectivity index (χ0n) is 11.4. The molecule has 1 heterocycles. The van der Waals surface area contributed by atoms with Crippen molar-refractivity contribution in [2.75, 3.05) is 5.75 Å². The Balaban J connectivity index is 1.95. The highest BCUT2D eigenvalue weighted by Crippen LogP contribution is 2.25. The fourth-order valence-electron chi connectivity index (χ4n) is 1.86. The fraction of sp³-hybridized carbons (Fsp3) is 0.357. The van der Waals surface area contributed by atoms with E-state index in [1.54, 1.807) is 11.8 Å². The van der Waals surface area contributed by atoms with Crippen LogP contribution < -0.4 is 11.3 Å². The minimum atomic E-state index is 0.106. The number of aromatic nitrogens is 2. The summed E-state index contributed by atoms with van der Waals surface area (Å²) in [5, 5.41) is 4.35. The number of nitrogens with zero attached hydrogens (tertiary/aromatic N) is 2. The van der Waals surface area contributed by atoms with Gasteiger partial charge in [-0.25, -0.2) is 0 Å². The fourth-order valence-corrected chi connectivity index (χ4v) is 3.10. The van der Waals surface area contributed by atoms with Gasteiger partial charge in [0.15, 0.2) is 0 Å². The van der Waals surface area contributed by atoms with Crippen LogP contribution >= 0.6 is 27.7 Å². The van der Waals surface area contributed by atoms with Crippen LogP contribution in [0, 0.1) is 0 Å². The number of hydrogen-bond donors (Lipinski definition) is 2. The van der Waals surface area contributed by atoms with Crippen LogP contribution in [0.1, 0.15) is 24.9 Å². The zero-order valence-corrected chi connectivity index (χ0v) is 13.8. The summed E-state index contributed by atoms with van der Waals surface area (Å²) in [4.78, 5) is 1.23. The minimum absolute atomic E-state index is 0.106. The molecule has 0 bridgehead atoms. The first kappa shape index (κ1) is 15.6. The molecule has 2 rings (SSSR count). The average Bonchev–Trinajstić information content (AvgIpc) is 2.91. The van der Waals surface area contributed by atoms with Gasteiger partial charge in [0.05, 0.1) is 12.2 Å². The monoisotopic (exact) mass is 354 g/mol. The van der Waals surface area contributed by atoms with Crippen LogP contribution in [-0.2, 0) is 6.54 Å². The molecular formula is C14H19BrN4S. The molecule has 0 saturated heterocycles. The first-order valence-corrected chi connectivity index (χ1v) is 8.37. The van der Waals surface area contributed by atoms with Gasteiger partial charge in [0.25, 0.3) is 0 Å². The van der Waals surface area contributed by atoms with Gasteiger partial charge in [0.1, 0.15) is 0 Å². The van der Waals surface area contributed by atoms with Gasteiger partial charge < -0.3 is 0 Å². The van der Waals surface area contributed by atoms with Crippen LogP contribution in [0.2, 0.25) is 0 Å². The second kappa shape index (κ2) is 7.83. The summed E-state index contributed by atoms with van der Waals surface area (Å²) in [7, 11) is 0. The summed E-state index contributed by atoms with van der Waals surface area (Å²) >= 11 is 5.22. The van der Waals surface area contributed by atoms with E-state index in [0.717, 1.165) is 28.8 Å². The normalized spacial score (nSPS) is 12.6. The molecule has 0 radical (unpaired) electrons. The first-order chi connectivity index (χ1) is 9.72. The van der Waals surface area contributed by atoms with Gasteiger partial charge in [-0.1, -0.05) is 22.9 Å². The molecule has 0 amide bonds. The maximum absolute atomic E-state index is 5.67. The van der Waals surface area contributed by atoms with Crippen LogP contribution in [-0.4, -0.2) is 15.5 Å². The molecule has 6 heteroatoms. The predicted molar refractivity (Wildman–Crippen MR) is 87.4 cm³/mol. The van der Waals surface area contributed by atoms with E-state index in [4.69, 9.17) is 5.84 Å². The number of aryl methyl sites for hydroxylation is 1. The topological polar surface area (TPSA) is 55.9 Å². The third-order valence-electron chi connectivity index (χ3n) is 2.94. The molecule has 2 aromatic rings. The lowest BCUT2D eigenvalue weighted by molar-refractivity contribution is 0.592. The molecule has 20 heavy (non-hydrogen) atoms. The largest absolute Gasteiger partial charge is 0.272 e. The summed E-state index contributed by atoms with van der Waals surface area (Å²) in [6.45, 7) is 3.08. The number of hydrogen-bond acceptors (Lipinski definition) is 4. The summed E-state index contributed by atoms with van der Waals surface area (Å²) < 4.78 is 3.06. The van der Waals surface area contributed by atoms with Gasteiger partial charge in [-0.15, -0.1) is 11.8 Å². The summed E-state index contributed by atoms with van der Waals surface area (Å²) in [6.07, 6.45) is 5.04. The molecule has 3 N–H and O–H groups in total. The van der Waals surface area contributed by atoms with Crippen molar-refractivity contribution in [2.45, 2.75) is 30.8 Å². The second-order valence-electron chi connectivity index (χ2n) is 4.52. The Morgan fingerprint density at radius 1 is 1.40 bits per heavy atom. The Hall–Kier alpha value is -0.820. The van der Waals surface area contributed by atoms with E-state index in [9.17, 15) is 0 Å². The van der Waals surface area contributed by atoms with Gasteiger partial charge >= 0.3 is 0 Å². The highest BCUT2D eigenvalue weighted by Gasteiger charge is 2.12. The number of benzene rings is 1. The molecule has 0 aliphatic rings. The predicted octanol–water partition coefficient (Wildman–Crippen LogP) is 3.35. The number of thioether (sulfide) groups is 1. The minimum Gasteiger partial charge on any atom is -0.272 e. The first-order valence-electron chi connectivity index (χ1n) is 6.59. The Morgan fingerprint density at radius 2 is 2.15 bits per heavy atom. The second-order valence-corrected chi connectivity index (χ2v) is 6.53. The molecule has 0 saturated carbocycles. The molecule has 1 aromatic carbocycles. The summed E-state index contributed by atoms with van der Waals surface area (Å²) in [6, 6.07) is 8.40. The number of nitrogens with one attached hydrogen (secondary N) is 1. The molecule has 1 unspecified atom stereocenters. The van der Waals surface area contributed by atoms with Crippen molar-refractivity contribution in [1.82, 2.24) is 15.2 Å². The van der Waals surface area contributed by atoms with E-state index < -0.39 is 0 Å². The zero-order chi connectivity index (χ0) is 14.4. The maximum Gasteiger partial charge on any atom is 0.0584 e. The highest BCUT2D eigenvalue weighted by molar-refractivity contribution is 9.10. The van der Waals surface area contributed by atoms with Gasteiger partial charge in [0, 0.05) is 33.4 Å². The molecule has 0 fully saturated rings. The average molecular weight is 355 g/mol. The Kier molecular flexibility index (Phi) is 6.09.